The normalized spacial score (nSPS) is 11.4. The third-order valence-electron chi connectivity index (χ3n) is 16.5. The molecule has 1 aliphatic rings. The summed E-state index contributed by atoms with van der Waals surface area (Å²) in [5, 5.41) is 0. The highest BCUT2D eigenvalue weighted by atomic mass is 32.1. The summed E-state index contributed by atoms with van der Waals surface area (Å²) in [6.45, 7) is 0. The highest BCUT2D eigenvalue weighted by molar-refractivity contribution is 7.58. The summed E-state index contributed by atoms with van der Waals surface area (Å²) in [7, 11) is 0. The molecule has 0 saturated carbocycles. The molecule has 426 valence electrons. The van der Waals surface area contributed by atoms with E-state index in [1.165, 1.54) is 45.4 Å². The maximum absolute atomic E-state index is 5.01. The van der Waals surface area contributed by atoms with Gasteiger partial charge in [-0.05, 0) is 151 Å². The van der Waals surface area contributed by atoms with Crippen molar-refractivity contribution in [1.82, 2.24) is 8.75 Å². The Balaban J connectivity index is 0.769. The van der Waals surface area contributed by atoms with E-state index in [1.807, 2.05) is 0 Å². The summed E-state index contributed by atoms with van der Waals surface area (Å²) in [5.74, 6) is 0. The second kappa shape index (κ2) is 25.1. The van der Waals surface area contributed by atoms with E-state index in [-0.39, 0.29) is 0 Å². The van der Waals surface area contributed by atoms with E-state index >= 15 is 0 Å². The van der Waals surface area contributed by atoms with Gasteiger partial charge in [0, 0.05) is 45.3 Å². The third kappa shape index (κ3) is 10.9. The van der Waals surface area contributed by atoms with Crippen LogP contribution >= 0.6 is 11.7 Å². The predicted molar refractivity (Wildman–Crippen MR) is 378 cm³/mol. The van der Waals surface area contributed by atoms with Crippen LogP contribution in [0, 0.1) is 0 Å². The molecule has 0 bridgehead atoms. The van der Waals surface area contributed by atoms with Crippen LogP contribution in [0.4, 0.5) is 45.5 Å². The van der Waals surface area contributed by atoms with E-state index in [2.05, 4.69) is 350 Å². The number of nitrogens with zero attached hydrogens (tertiary/aromatic N) is 6. The predicted octanol–water partition coefficient (Wildman–Crippen LogP) is 22.7. The van der Waals surface area contributed by atoms with Crippen molar-refractivity contribution in [3.05, 3.63) is 384 Å². The highest BCUT2D eigenvalue weighted by Gasteiger charge is 2.28. The molecule has 14 aromatic rings. The molecule has 0 N–H and O–H groups in total. The van der Waals surface area contributed by atoms with Crippen LogP contribution in [0.1, 0.15) is 44.5 Å². The zero-order chi connectivity index (χ0) is 60.0. The van der Waals surface area contributed by atoms with Gasteiger partial charge in [0.15, 0.2) is 0 Å². The Morgan fingerprint density at radius 1 is 0.222 bits per heavy atom. The molecule has 13 aromatic carbocycles. The lowest BCUT2D eigenvalue weighted by Crippen LogP contribution is -2.10. The fourth-order valence-electron chi connectivity index (χ4n) is 12.4. The number of aromatic nitrogens is 2. The van der Waals surface area contributed by atoms with Crippen molar-refractivity contribution < 1.29 is 0 Å². The summed E-state index contributed by atoms with van der Waals surface area (Å²) >= 11 is 2.43. The molecule has 8 heteroatoms. The molecule has 1 aliphatic heterocycles. The summed E-state index contributed by atoms with van der Waals surface area (Å²) in [6, 6.07) is 121. The van der Waals surface area contributed by atoms with Crippen LogP contribution in [-0.4, -0.2) is 8.75 Å². The number of para-hydroxylation sites is 2. The van der Waals surface area contributed by atoms with Gasteiger partial charge in [-0.15, -0.1) is 0 Å². The summed E-state index contributed by atoms with van der Waals surface area (Å²) < 4.78 is 20.0. The summed E-state index contributed by atoms with van der Waals surface area (Å²) in [4.78, 5) is 4.62. The summed E-state index contributed by atoms with van der Waals surface area (Å²) in [6.07, 6.45) is 0. The van der Waals surface area contributed by atoms with Crippen molar-refractivity contribution in [2.75, 3.05) is 9.80 Å². The largest absolute Gasteiger partial charge is 0.311 e. The molecule has 0 aliphatic carbocycles. The molecule has 0 radical (unpaired) electrons. The molecule has 1 aromatic heterocycles. The molecule has 15 rings (SSSR count). The van der Waals surface area contributed by atoms with Crippen LogP contribution in [0.15, 0.2) is 348 Å². The Morgan fingerprint density at radius 2 is 0.433 bits per heavy atom. The third-order valence-corrected chi connectivity index (χ3v) is 17.5. The van der Waals surface area contributed by atoms with Gasteiger partial charge < -0.3 is 9.80 Å². The molecule has 0 spiro atoms. The van der Waals surface area contributed by atoms with Gasteiger partial charge in [-0.3, -0.25) is 0 Å². The zero-order valence-corrected chi connectivity index (χ0v) is 50.5. The van der Waals surface area contributed by atoms with Crippen molar-refractivity contribution in [2.24, 2.45) is 8.73 Å². The first kappa shape index (κ1) is 55.2. The maximum atomic E-state index is 5.01. The molecule has 2 heterocycles. The van der Waals surface area contributed by atoms with Gasteiger partial charge in [0.1, 0.15) is 22.4 Å². The molecule has 6 nitrogen and oxygen atoms in total. The molecule has 0 unspecified atom stereocenters. The van der Waals surface area contributed by atoms with Crippen LogP contribution in [-0.2, 0) is 11.4 Å². The minimum absolute atomic E-state index is 0.799. The highest BCUT2D eigenvalue weighted by Crippen LogP contribution is 2.53. The van der Waals surface area contributed by atoms with E-state index in [9.17, 15) is 0 Å². The van der Waals surface area contributed by atoms with Gasteiger partial charge in [-0.2, -0.15) is 17.5 Å². The first-order chi connectivity index (χ1) is 44.7. The Morgan fingerprint density at radius 3 is 0.689 bits per heavy atom. The van der Waals surface area contributed by atoms with Crippen molar-refractivity contribution in [1.29, 1.82) is 0 Å². The molecular weight excluding hydrogens is 1130 g/mol. The van der Waals surface area contributed by atoms with Crippen LogP contribution in [0.3, 0.4) is 0 Å². The minimum atomic E-state index is 0.799. The fourth-order valence-corrected chi connectivity index (χ4v) is 13.5. The molecule has 0 fully saturated rings. The Labute approximate surface area is 532 Å². The Hall–Kier alpha value is -11.4. The number of hydrogen-bond donors (Lipinski definition) is 0. The molecule has 90 heavy (non-hydrogen) atoms. The number of benzene rings is 13. The van der Waals surface area contributed by atoms with Crippen molar-refractivity contribution in [3.63, 3.8) is 0 Å². The quantitative estimate of drug-likeness (QED) is 0.0905. The van der Waals surface area contributed by atoms with E-state index in [4.69, 9.17) is 17.5 Å². The number of anilines is 6. The minimum Gasteiger partial charge on any atom is -0.311 e. The van der Waals surface area contributed by atoms with E-state index < -0.39 is 0 Å². The number of rotatable bonds is 16. The van der Waals surface area contributed by atoms with Crippen LogP contribution < -0.4 is 9.80 Å². The molecular formula is C82H56N6S2. The molecule has 0 amide bonds. The van der Waals surface area contributed by atoms with Gasteiger partial charge in [-0.1, -0.05) is 267 Å². The standard InChI is InChI=1S/C82H56N6S2/c1-9-25-57(26-10-1)73(58-27-11-2-12-28-58)75(61-33-17-5-18-34-61)63-41-49-69(50-42-63)87(67-37-21-7-22-38-67)71-53-45-65(46-54-71)77-79-81(85-89-83-79)78(82-80(77)84-90-86-82)66-47-55-72(56-48-66)88(68-39-23-8-24-40-68)70-51-43-64(44-52-70)76(62-35-19-6-20-36-62)74(59-29-13-3-14-30-59)60-31-15-4-16-32-60/h1-56H. The lowest BCUT2D eigenvalue weighted by Gasteiger charge is -2.26. The lowest BCUT2D eigenvalue weighted by atomic mass is 9.86. The van der Waals surface area contributed by atoms with E-state index in [0.29, 0.717) is 0 Å². The van der Waals surface area contributed by atoms with Gasteiger partial charge in [0.25, 0.3) is 0 Å². The van der Waals surface area contributed by atoms with Crippen LogP contribution in [0.25, 0.3) is 55.6 Å². The fraction of sp³-hybridized carbons (Fsp3) is 0. The second-order valence-electron chi connectivity index (χ2n) is 21.9. The first-order valence-corrected chi connectivity index (χ1v) is 31.5. The van der Waals surface area contributed by atoms with Gasteiger partial charge in [0.2, 0.25) is 0 Å². The SMILES string of the molecule is c1ccc(C(=C(c2ccccc2)c2ccc(N(c3ccccc3)c3ccc(-c4c5c(c(-c6ccc(N(c7ccccc7)c7ccc(C(=C(c8ccccc8)c8ccccc8)c8ccccc8)cc7)cc6)c6nsnc46)N=S=N5)cc3)cc2)c2ccccc2)cc1. The van der Waals surface area contributed by atoms with Gasteiger partial charge >= 0.3 is 0 Å². The zero-order valence-electron chi connectivity index (χ0n) is 48.8. The monoisotopic (exact) mass is 1190 g/mol. The number of fused-ring (bicyclic) bond motifs is 2. The van der Waals surface area contributed by atoms with Crippen molar-refractivity contribution in [2.45, 2.75) is 0 Å². The average Bonchev–Trinajstić information content (AvgIpc) is 1.55. The van der Waals surface area contributed by atoms with E-state index in [0.717, 1.165) is 123 Å². The maximum Gasteiger partial charge on any atom is 0.115 e. The molecule has 0 atom stereocenters. The average molecular weight is 1190 g/mol. The van der Waals surface area contributed by atoms with Gasteiger partial charge in [-0.25, -0.2) is 0 Å². The molecule has 0 saturated heterocycles. The van der Waals surface area contributed by atoms with Gasteiger partial charge in [0.05, 0.1) is 23.1 Å². The summed E-state index contributed by atoms with van der Waals surface area (Å²) in [5.41, 5.74) is 27.1. The van der Waals surface area contributed by atoms with E-state index in [1.54, 1.807) is 0 Å². The van der Waals surface area contributed by atoms with Crippen molar-refractivity contribution >= 4 is 102 Å². The Bertz CT molecular complexity index is 4550. The second-order valence-corrected chi connectivity index (χ2v) is 23.0. The Kier molecular flexibility index (Phi) is 15.4. The smallest absolute Gasteiger partial charge is 0.115 e. The first-order valence-electron chi connectivity index (χ1n) is 30.0. The van der Waals surface area contributed by atoms with Crippen LogP contribution in [0.5, 0.6) is 0 Å². The lowest BCUT2D eigenvalue weighted by molar-refractivity contribution is 1.28. The number of hydrogen-bond acceptors (Lipinski definition) is 7. The van der Waals surface area contributed by atoms with Crippen LogP contribution in [0.2, 0.25) is 0 Å². The van der Waals surface area contributed by atoms with Crippen molar-refractivity contribution in [3.8, 4) is 22.3 Å². The topological polar surface area (TPSA) is 57.0 Å².